The van der Waals surface area contributed by atoms with E-state index in [1.807, 2.05) is 6.07 Å². The summed E-state index contributed by atoms with van der Waals surface area (Å²) in [7, 11) is 0. The van der Waals surface area contributed by atoms with E-state index in [4.69, 9.17) is 10.5 Å². The average Bonchev–Trinajstić information content (AvgIpc) is 2.38. The fourth-order valence-corrected chi connectivity index (χ4v) is 2.52. The van der Waals surface area contributed by atoms with E-state index >= 15 is 0 Å². The van der Waals surface area contributed by atoms with E-state index in [0.29, 0.717) is 0 Å². The van der Waals surface area contributed by atoms with Crippen LogP contribution in [0, 0.1) is 5.41 Å². The van der Waals surface area contributed by atoms with Gasteiger partial charge in [0.15, 0.2) is 0 Å². The summed E-state index contributed by atoms with van der Waals surface area (Å²) >= 11 is 0. The maximum atomic E-state index is 6.06. The van der Waals surface area contributed by atoms with Crippen molar-refractivity contribution in [1.82, 2.24) is 0 Å². The van der Waals surface area contributed by atoms with Gasteiger partial charge in [-0.2, -0.15) is 0 Å². The van der Waals surface area contributed by atoms with Crippen LogP contribution < -0.4 is 10.5 Å². The molecule has 0 heterocycles. The van der Waals surface area contributed by atoms with Crippen molar-refractivity contribution in [3.8, 4) is 5.75 Å². The lowest BCUT2D eigenvalue weighted by atomic mass is 9.65. The van der Waals surface area contributed by atoms with E-state index in [-0.39, 0.29) is 17.6 Å². The van der Waals surface area contributed by atoms with Crippen LogP contribution in [0.5, 0.6) is 5.75 Å². The second-order valence-corrected chi connectivity index (χ2v) is 5.78. The summed E-state index contributed by atoms with van der Waals surface area (Å²) in [5, 5.41) is 2.46. The van der Waals surface area contributed by atoms with Crippen molar-refractivity contribution in [2.24, 2.45) is 11.1 Å². The Morgan fingerprint density at radius 2 is 1.83 bits per heavy atom. The van der Waals surface area contributed by atoms with Crippen LogP contribution in [0.1, 0.15) is 20.3 Å². The standard InChI is InChI=1S/C16H19NO/c1-16(2)14(17)10-15(16)18-13-8-7-11-5-3-4-6-12(11)9-13/h3-9,14-15H,10,17H2,1-2H3. The van der Waals surface area contributed by atoms with Crippen LogP contribution >= 0.6 is 0 Å². The second kappa shape index (κ2) is 3.99. The van der Waals surface area contributed by atoms with Crippen LogP contribution in [0.25, 0.3) is 10.8 Å². The van der Waals surface area contributed by atoms with Gasteiger partial charge in [0.1, 0.15) is 11.9 Å². The Morgan fingerprint density at radius 1 is 1.11 bits per heavy atom. The summed E-state index contributed by atoms with van der Waals surface area (Å²) in [5.41, 5.74) is 6.09. The molecule has 0 radical (unpaired) electrons. The van der Waals surface area contributed by atoms with E-state index in [1.54, 1.807) is 0 Å². The number of benzene rings is 2. The SMILES string of the molecule is CC1(C)C(N)CC1Oc1ccc2ccccc2c1. The third kappa shape index (κ3) is 1.77. The van der Waals surface area contributed by atoms with Crippen molar-refractivity contribution in [3.63, 3.8) is 0 Å². The van der Waals surface area contributed by atoms with Crippen LogP contribution in [0.4, 0.5) is 0 Å². The summed E-state index contributed by atoms with van der Waals surface area (Å²) in [6.07, 6.45) is 1.17. The normalized spacial score (nSPS) is 25.7. The average molecular weight is 241 g/mol. The first kappa shape index (κ1) is 11.5. The number of hydrogen-bond acceptors (Lipinski definition) is 2. The molecule has 0 aromatic heterocycles. The van der Waals surface area contributed by atoms with Gasteiger partial charge in [0, 0.05) is 17.9 Å². The first-order valence-electron chi connectivity index (χ1n) is 6.48. The molecular weight excluding hydrogens is 222 g/mol. The molecule has 18 heavy (non-hydrogen) atoms. The molecule has 0 spiro atoms. The minimum Gasteiger partial charge on any atom is -0.490 e. The zero-order valence-corrected chi connectivity index (χ0v) is 10.9. The Balaban J connectivity index is 1.83. The fraction of sp³-hybridized carbons (Fsp3) is 0.375. The molecule has 1 aliphatic rings. The van der Waals surface area contributed by atoms with Gasteiger partial charge in [-0.15, -0.1) is 0 Å². The molecule has 2 unspecified atom stereocenters. The fourth-order valence-electron chi connectivity index (χ4n) is 2.52. The third-order valence-corrected chi connectivity index (χ3v) is 4.25. The number of fused-ring (bicyclic) bond motifs is 1. The highest BCUT2D eigenvalue weighted by Gasteiger charge is 2.47. The molecule has 1 saturated carbocycles. The summed E-state index contributed by atoms with van der Waals surface area (Å²) in [4.78, 5) is 0. The number of hydrogen-bond donors (Lipinski definition) is 1. The maximum absolute atomic E-state index is 6.06. The van der Waals surface area contributed by atoms with Gasteiger partial charge < -0.3 is 10.5 Å². The molecule has 3 rings (SSSR count). The van der Waals surface area contributed by atoms with Crippen molar-refractivity contribution < 1.29 is 4.74 Å². The molecule has 2 atom stereocenters. The topological polar surface area (TPSA) is 35.2 Å². The predicted molar refractivity (Wildman–Crippen MR) is 74.7 cm³/mol. The molecule has 2 N–H and O–H groups in total. The van der Waals surface area contributed by atoms with Gasteiger partial charge in [-0.25, -0.2) is 0 Å². The minimum absolute atomic E-state index is 0.0750. The lowest BCUT2D eigenvalue weighted by molar-refractivity contribution is -0.0399. The van der Waals surface area contributed by atoms with Crippen molar-refractivity contribution >= 4 is 10.8 Å². The Bertz CT molecular complexity index is 576. The number of ether oxygens (including phenoxy) is 1. The Morgan fingerprint density at radius 3 is 2.50 bits per heavy atom. The predicted octanol–water partition coefficient (Wildman–Crippen LogP) is 3.34. The summed E-state index contributed by atoms with van der Waals surface area (Å²) < 4.78 is 6.06. The molecule has 2 aromatic rings. The van der Waals surface area contributed by atoms with E-state index < -0.39 is 0 Å². The quantitative estimate of drug-likeness (QED) is 0.875. The molecule has 0 bridgehead atoms. The Kier molecular flexibility index (Phi) is 2.56. The van der Waals surface area contributed by atoms with Crippen molar-refractivity contribution in [1.29, 1.82) is 0 Å². The molecule has 1 fully saturated rings. The monoisotopic (exact) mass is 241 g/mol. The minimum atomic E-state index is 0.0750. The van der Waals surface area contributed by atoms with E-state index in [1.165, 1.54) is 10.8 Å². The van der Waals surface area contributed by atoms with Gasteiger partial charge in [0.05, 0.1) is 0 Å². The molecule has 2 heteroatoms. The molecule has 0 saturated heterocycles. The van der Waals surface area contributed by atoms with Crippen LogP contribution in [-0.4, -0.2) is 12.1 Å². The van der Waals surface area contributed by atoms with Crippen molar-refractivity contribution in [3.05, 3.63) is 42.5 Å². The molecule has 94 valence electrons. The molecule has 0 aliphatic heterocycles. The van der Waals surface area contributed by atoms with Gasteiger partial charge in [-0.1, -0.05) is 44.2 Å². The van der Waals surface area contributed by atoms with Crippen LogP contribution in [-0.2, 0) is 0 Å². The first-order valence-corrected chi connectivity index (χ1v) is 6.48. The Hall–Kier alpha value is -1.54. The third-order valence-electron chi connectivity index (χ3n) is 4.25. The molecular formula is C16H19NO. The van der Waals surface area contributed by atoms with Gasteiger partial charge >= 0.3 is 0 Å². The highest BCUT2D eigenvalue weighted by molar-refractivity contribution is 5.83. The van der Waals surface area contributed by atoms with Crippen LogP contribution in [0.15, 0.2) is 42.5 Å². The van der Waals surface area contributed by atoms with Gasteiger partial charge in [0.25, 0.3) is 0 Å². The zero-order chi connectivity index (χ0) is 12.8. The van der Waals surface area contributed by atoms with Crippen LogP contribution in [0.3, 0.4) is 0 Å². The molecule has 0 amide bonds. The summed E-state index contributed by atoms with van der Waals surface area (Å²) in [6, 6.07) is 14.8. The lowest BCUT2D eigenvalue weighted by Gasteiger charge is -2.49. The largest absolute Gasteiger partial charge is 0.490 e. The van der Waals surface area contributed by atoms with E-state index in [9.17, 15) is 0 Å². The van der Waals surface area contributed by atoms with Gasteiger partial charge in [-0.05, 0) is 22.9 Å². The maximum Gasteiger partial charge on any atom is 0.120 e. The van der Waals surface area contributed by atoms with Gasteiger partial charge in [0.2, 0.25) is 0 Å². The number of rotatable bonds is 2. The zero-order valence-electron chi connectivity index (χ0n) is 10.9. The van der Waals surface area contributed by atoms with Crippen molar-refractivity contribution in [2.75, 3.05) is 0 Å². The highest BCUT2D eigenvalue weighted by atomic mass is 16.5. The second-order valence-electron chi connectivity index (χ2n) is 5.78. The molecule has 1 aliphatic carbocycles. The van der Waals surface area contributed by atoms with Crippen molar-refractivity contribution in [2.45, 2.75) is 32.4 Å². The first-order chi connectivity index (χ1) is 8.57. The molecule has 2 nitrogen and oxygen atoms in total. The lowest BCUT2D eigenvalue weighted by Crippen LogP contribution is -2.60. The number of nitrogens with two attached hydrogens (primary N) is 1. The van der Waals surface area contributed by atoms with E-state index in [0.717, 1.165) is 12.2 Å². The van der Waals surface area contributed by atoms with Crippen LogP contribution in [0.2, 0.25) is 0 Å². The van der Waals surface area contributed by atoms with Gasteiger partial charge in [-0.3, -0.25) is 0 Å². The summed E-state index contributed by atoms with van der Waals surface area (Å²) in [5.74, 6) is 0.943. The Labute approximate surface area is 108 Å². The molecule has 2 aromatic carbocycles. The smallest absolute Gasteiger partial charge is 0.120 e. The van der Waals surface area contributed by atoms with E-state index in [2.05, 4.69) is 50.2 Å². The summed E-state index contributed by atoms with van der Waals surface area (Å²) in [6.45, 7) is 4.35. The highest BCUT2D eigenvalue weighted by Crippen LogP contribution is 2.41.